The molecule has 0 aliphatic carbocycles. The SMILES string of the molecule is Cc1ccc(Cn2cnc3c(cnn3CCNC(=O)Cc3noc4ccccc34)c2=O)cc1. The lowest BCUT2D eigenvalue weighted by molar-refractivity contribution is -0.120. The van der Waals surface area contributed by atoms with Crippen LogP contribution in [0.15, 0.2) is 70.4 Å². The normalized spacial score (nSPS) is 11.3. The minimum absolute atomic E-state index is 0.124. The van der Waals surface area contributed by atoms with Crippen LogP contribution in [-0.2, 0) is 24.3 Å². The molecule has 2 aromatic carbocycles. The number of amides is 1. The molecule has 0 aliphatic heterocycles. The van der Waals surface area contributed by atoms with Gasteiger partial charge in [0.15, 0.2) is 11.2 Å². The summed E-state index contributed by atoms with van der Waals surface area (Å²) in [6.45, 7) is 3.21. The number of nitrogens with zero attached hydrogens (tertiary/aromatic N) is 5. The minimum atomic E-state index is -0.168. The van der Waals surface area contributed by atoms with Gasteiger partial charge in [-0.3, -0.25) is 14.2 Å². The van der Waals surface area contributed by atoms with Crippen molar-refractivity contribution in [3.05, 3.63) is 88.2 Å². The summed E-state index contributed by atoms with van der Waals surface area (Å²) in [7, 11) is 0. The Bertz CT molecular complexity index is 1500. The Kier molecular flexibility index (Phi) is 5.43. The number of fused-ring (bicyclic) bond motifs is 2. The van der Waals surface area contributed by atoms with Crippen LogP contribution in [0.5, 0.6) is 0 Å². The summed E-state index contributed by atoms with van der Waals surface area (Å²) in [4.78, 5) is 29.6. The molecule has 0 atom stereocenters. The van der Waals surface area contributed by atoms with E-state index >= 15 is 0 Å². The summed E-state index contributed by atoms with van der Waals surface area (Å²) < 4.78 is 8.44. The summed E-state index contributed by atoms with van der Waals surface area (Å²) in [5.41, 5.74) is 3.80. The van der Waals surface area contributed by atoms with Gasteiger partial charge in [0.2, 0.25) is 5.91 Å². The van der Waals surface area contributed by atoms with Crippen molar-refractivity contribution in [1.29, 1.82) is 0 Å². The van der Waals surface area contributed by atoms with Gasteiger partial charge >= 0.3 is 0 Å². The molecule has 9 heteroatoms. The highest BCUT2D eigenvalue weighted by molar-refractivity contribution is 5.86. The molecular weight excluding hydrogens is 420 g/mol. The maximum Gasteiger partial charge on any atom is 0.264 e. The zero-order valence-electron chi connectivity index (χ0n) is 18.1. The molecule has 33 heavy (non-hydrogen) atoms. The smallest absolute Gasteiger partial charge is 0.264 e. The number of carbonyl (C=O) groups is 1. The molecule has 1 N–H and O–H groups in total. The fourth-order valence-corrected chi connectivity index (χ4v) is 3.75. The van der Waals surface area contributed by atoms with Gasteiger partial charge in [-0.05, 0) is 24.6 Å². The molecule has 1 amide bonds. The Morgan fingerprint density at radius 3 is 2.76 bits per heavy atom. The molecule has 5 aromatic rings. The molecule has 0 radical (unpaired) electrons. The van der Waals surface area contributed by atoms with Gasteiger partial charge in [-0.1, -0.05) is 47.1 Å². The maximum atomic E-state index is 12.9. The predicted octanol–water partition coefficient (Wildman–Crippen LogP) is 2.45. The van der Waals surface area contributed by atoms with E-state index in [-0.39, 0.29) is 17.9 Å². The molecule has 0 saturated carbocycles. The Hall–Kier alpha value is -4.27. The number of hydrogen-bond donors (Lipinski definition) is 1. The van der Waals surface area contributed by atoms with E-state index in [2.05, 4.69) is 20.6 Å². The zero-order chi connectivity index (χ0) is 22.8. The first-order chi connectivity index (χ1) is 16.1. The topological polar surface area (TPSA) is 108 Å². The van der Waals surface area contributed by atoms with Crippen LogP contribution in [0.4, 0.5) is 0 Å². The molecule has 0 unspecified atom stereocenters. The standard InChI is InChI=1S/C24H22N6O3/c1-16-6-8-17(9-7-16)14-29-15-26-23-19(24(29)32)13-27-30(23)11-10-25-22(31)12-20-18-4-2-3-5-21(18)33-28-20/h2-9,13,15H,10-12,14H2,1H3,(H,25,31). The number of carbonyl (C=O) groups excluding carboxylic acids is 1. The zero-order valence-corrected chi connectivity index (χ0v) is 18.1. The Morgan fingerprint density at radius 1 is 1.09 bits per heavy atom. The van der Waals surface area contributed by atoms with Crippen LogP contribution < -0.4 is 10.9 Å². The second kappa shape index (κ2) is 8.70. The largest absolute Gasteiger partial charge is 0.356 e. The van der Waals surface area contributed by atoms with Crippen molar-refractivity contribution >= 4 is 27.9 Å². The monoisotopic (exact) mass is 442 g/mol. The van der Waals surface area contributed by atoms with Crippen LogP contribution >= 0.6 is 0 Å². The first-order valence-corrected chi connectivity index (χ1v) is 10.6. The van der Waals surface area contributed by atoms with E-state index in [4.69, 9.17) is 4.52 Å². The molecule has 9 nitrogen and oxygen atoms in total. The molecule has 5 rings (SSSR count). The van der Waals surface area contributed by atoms with E-state index < -0.39 is 0 Å². The average Bonchev–Trinajstić information content (AvgIpc) is 3.42. The molecular formula is C24H22N6O3. The van der Waals surface area contributed by atoms with Gasteiger partial charge in [0.05, 0.1) is 25.7 Å². The molecule has 0 spiro atoms. The fraction of sp³-hybridized carbons (Fsp3) is 0.208. The van der Waals surface area contributed by atoms with E-state index in [1.54, 1.807) is 9.25 Å². The number of aryl methyl sites for hydroxylation is 1. The third kappa shape index (κ3) is 4.25. The second-order valence-electron chi connectivity index (χ2n) is 7.92. The predicted molar refractivity (Wildman–Crippen MR) is 123 cm³/mol. The van der Waals surface area contributed by atoms with Gasteiger partial charge in [0.1, 0.15) is 17.4 Å². The third-order valence-corrected chi connectivity index (χ3v) is 5.52. The van der Waals surface area contributed by atoms with Crippen LogP contribution in [-0.4, -0.2) is 36.9 Å². The fourth-order valence-electron chi connectivity index (χ4n) is 3.75. The quantitative estimate of drug-likeness (QED) is 0.415. The van der Waals surface area contributed by atoms with Crippen LogP contribution in [0.25, 0.3) is 22.0 Å². The van der Waals surface area contributed by atoms with E-state index in [0.717, 1.165) is 10.9 Å². The van der Waals surface area contributed by atoms with Gasteiger partial charge < -0.3 is 9.84 Å². The molecule has 0 saturated heterocycles. The van der Waals surface area contributed by atoms with Crippen LogP contribution in [0.1, 0.15) is 16.8 Å². The summed E-state index contributed by atoms with van der Waals surface area (Å²) in [5.74, 6) is -0.168. The number of nitrogens with one attached hydrogen (secondary N) is 1. The van der Waals surface area contributed by atoms with Crippen molar-refractivity contribution in [3.63, 3.8) is 0 Å². The van der Waals surface area contributed by atoms with Gasteiger partial charge in [0.25, 0.3) is 5.56 Å². The number of rotatable bonds is 7. The van der Waals surface area contributed by atoms with Crippen LogP contribution in [0.2, 0.25) is 0 Å². The first kappa shape index (κ1) is 20.6. The molecule has 3 aromatic heterocycles. The number of benzene rings is 2. The van der Waals surface area contributed by atoms with Crippen molar-refractivity contribution < 1.29 is 9.32 Å². The summed E-state index contributed by atoms with van der Waals surface area (Å²) in [5, 5.41) is 12.4. The highest BCUT2D eigenvalue weighted by atomic mass is 16.5. The highest BCUT2D eigenvalue weighted by Crippen LogP contribution is 2.18. The second-order valence-corrected chi connectivity index (χ2v) is 7.92. The number of aromatic nitrogens is 5. The Labute approximate surface area is 188 Å². The highest BCUT2D eigenvalue weighted by Gasteiger charge is 2.13. The van der Waals surface area contributed by atoms with E-state index in [9.17, 15) is 9.59 Å². The first-order valence-electron chi connectivity index (χ1n) is 10.6. The summed E-state index contributed by atoms with van der Waals surface area (Å²) in [6.07, 6.45) is 3.19. The van der Waals surface area contributed by atoms with E-state index in [1.165, 1.54) is 18.1 Å². The minimum Gasteiger partial charge on any atom is -0.356 e. The average molecular weight is 442 g/mol. The van der Waals surface area contributed by atoms with Gasteiger partial charge in [-0.25, -0.2) is 9.67 Å². The van der Waals surface area contributed by atoms with Gasteiger partial charge in [0, 0.05) is 11.9 Å². The molecule has 166 valence electrons. The number of para-hydroxylation sites is 1. The Balaban J connectivity index is 1.23. The van der Waals surface area contributed by atoms with Gasteiger partial charge in [-0.15, -0.1) is 0 Å². The van der Waals surface area contributed by atoms with Crippen molar-refractivity contribution in [2.75, 3.05) is 6.54 Å². The lowest BCUT2D eigenvalue weighted by Gasteiger charge is -2.07. The van der Waals surface area contributed by atoms with Crippen molar-refractivity contribution in [2.45, 2.75) is 26.4 Å². The van der Waals surface area contributed by atoms with Crippen LogP contribution in [0.3, 0.4) is 0 Å². The summed E-state index contributed by atoms with van der Waals surface area (Å²) in [6, 6.07) is 15.5. The Morgan fingerprint density at radius 2 is 1.91 bits per heavy atom. The van der Waals surface area contributed by atoms with Gasteiger partial charge in [-0.2, -0.15) is 5.10 Å². The van der Waals surface area contributed by atoms with E-state index in [0.29, 0.717) is 41.9 Å². The molecule has 0 aliphatic rings. The molecule has 0 bridgehead atoms. The van der Waals surface area contributed by atoms with Crippen molar-refractivity contribution in [2.24, 2.45) is 0 Å². The lowest BCUT2D eigenvalue weighted by Crippen LogP contribution is -2.29. The van der Waals surface area contributed by atoms with Crippen molar-refractivity contribution in [1.82, 2.24) is 29.8 Å². The van der Waals surface area contributed by atoms with E-state index in [1.807, 2.05) is 55.5 Å². The molecule has 3 heterocycles. The van der Waals surface area contributed by atoms with Crippen LogP contribution in [0, 0.1) is 6.92 Å². The maximum absolute atomic E-state index is 12.9. The lowest BCUT2D eigenvalue weighted by atomic mass is 10.1. The number of hydrogen-bond acceptors (Lipinski definition) is 6. The molecule has 0 fully saturated rings. The third-order valence-electron chi connectivity index (χ3n) is 5.52. The van der Waals surface area contributed by atoms with Crippen molar-refractivity contribution in [3.8, 4) is 0 Å². The summed E-state index contributed by atoms with van der Waals surface area (Å²) >= 11 is 0.